The first-order valence-electron chi connectivity index (χ1n) is 9.13. The molecule has 7 heteroatoms. The van der Waals surface area contributed by atoms with Crippen molar-refractivity contribution in [3.63, 3.8) is 0 Å². The van der Waals surface area contributed by atoms with Gasteiger partial charge in [0, 0.05) is 6.42 Å². The average molecular weight is 383 g/mol. The van der Waals surface area contributed by atoms with Gasteiger partial charge in [0.25, 0.3) is 0 Å². The van der Waals surface area contributed by atoms with Gasteiger partial charge in [-0.25, -0.2) is 4.79 Å². The van der Waals surface area contributed by atoms with Crippen molar-refractivity contribution in [3.05, 3.63) is 53.1 Å². The second-order valence-corrected chi connectivity index (χ2v) is 6.93. The van der Waals surface area contributed by atoms with E-state index in [-0.39, 0.29) is 12.5 Å². The highest BCUT2D eigenvalue weighted by Gasteiger charge is 2.31. The van der Waals surface area contributed by atoms with Crippen LogP contribution < -0.4 is 19.5 Å². The monoisotopic (exact) mass is 383 g/mol. The molecular weight excluding hydrogens is 362 g/mol. The van der Waals surface area contributed by atoms with E-state index in [1.165, 1.54) is 0 Å². The number of hydrogen-bond acceptors (Lipinski definition) is 5. The van der Waals surface area contributed by atoms with Crippen molar-refractivity contribution in [2.24, 2.45) is 5.92 Å². The Hall–Kier alpha value is -3.22. The van der Waals surface area contributed by atoms with Crippen molar-refractivity contribution in [1.29, 1.82) is 0 Å². The van der Waals surface area contributed by atoms with Crippen LogP contribution in [0.3, 0.4) is 0 Å². The summed E-state index contributed by atoms with van der Waals surface area (Å²) in [6.07, 6.45) is 1.20. The molecule has 0 bridgehead atoms. The molecule has 0 spiro atoms. The maximum absolute atomic E-state index is 12.8. The molecule has 0 saturated heterocycles. The fourth-order valence-corrected chi connectivity index (χ4v) is 3.60. The van der Waals surface area contributed by atoms with E-state index in [0.29, 0.717) is 24.3 Å². The molecule has 0 aromatic heterocycles. The average Bonchev–Trinajstić information content (AvgIpc) is 3.18. The number of nitrogens with one attached hydrogen (secondary N) is 1. The van der Waals surface area contributed by atoms with Crippen molar-refractivity contribution < 1.29 is 28.9 Å². The fraction of sp³-hybridized carbons (Fsp3) is 0.333. The molecule has 2 aliphatic rings. The van der Waals surface area contributed by atoms with Crippen LogP contribution in [-0.4, -0.2) is 37.3 Å². The van der Waals surface area contributed by atoms with Crippen molar-refractivity contribution in [2.45, 2.75) is 18.9 Å². The summed E-state index contributed by atoms with van der Waals surface area (Å²) in [6, 6.07) is 9.56. The number of carboxylic acid groups (broad SMARTS) is 1. The molecule has 2 unspecified atom stereocenters. The van der Waals surface area contributed by atoms with Gasteiger partial charge in [0.1, 0.15) is 23.9 Å². The van der Waals surface area contributed by atoms with Gasteiger partial charge in [-0.2, -0.15) is 0 Å². The summed E-state index contributed by atoms with van der Waals surface area (Å²) in [7, 11) is 1.58. The summed E-state index contributed by atoms with van der Waals surface area (Å²) >= 11 is 0. The molecule has 1 amide bonds. The van der Waals surface area contributed by atoms with Gasteiger partial charge in [-0.05, 0) is 53.4 Å². The Morgan fingerprint density at radius 2 is 1.93 bits per heavy atom. The fourth-order valence-electron chi connectivity index (χ4n) is 3.60. The van der Waals surface area contributed by atoms with E-state index in [0.717, 1.165) is 29.0 Å². The largest absolute Gasteiger partial charge is 0.497 e. The van der Waals surface area contributed by atoms with Gasteiger partial charge in [0.05, 0.1) is 19.6 Å². The van der Waals surface area contributed by atoms with Crippen LogP contribution >= 0.6 is 0 Å². The van der Waals surface area contributed by atoms with E-state index in [1.807, 2.05) is 12.1 Å². The maximum atomic E-state index is 12.8. The lowest BCUT2D eigenvalue weighted by atomic mass is 9.94. The van der Waals surface area contributed by atoms with Crippen LogP contribution in [0.2, 0.25) is 0 Å². The molecular formula is C21H21NO6. The van der Waals surface area contributed by atoms with E-state index < -0.39 is 17.9 Å². The number of carboxylic acids is 1. The molecule has 2 aromatic carbocycles. The third-order valence-corrected chi connectivity index (χ3v) is 5.13. The summed E-state index contributed by atoms with van der Waals surface area (Å²) in [5.74, 6) is 0.249. The standard InChI is InChI=1S/C21H21NO6/c1-26-16-3-5-18-14(10-16)9-15(11-28-18)20(23)22-19(21(24)25)13-2-4-17-12(8-13)6-7-27-17/h2-5,8,10,15,19H,6-7,9,11H2,1H3,(H,22,23)(H,24,25). The van der Waals surface area contributed by atoms with E-state index in [1.54, 1.807) is 31.4 Å². The predicted molar refractivity (Wildman–Crippen MR) is 99.8 cm³/mol. The molecule has 2 N–H and O–H groups in total. The number of benzene rings is 2. The Morgan fingerprint density at radius 3 is 2.71 bits per heavy atom. The highest BCUT2D eigenvalue weighted by molar-refractivity contribution is 5.86. The Kier molecular flexibility index (Phi) is 4.81. The number of hydrogen-bond donors (Lipinski definition) is 2. The zero-order valence-corrected chi connectivity index (χ0v) is 15.4. The molecule has 2 atom stereocenters. The Morgan fingerprint density at radius 1 is 1.14 bits per heavy atom. The number of carbonyl (C=O) groups is 2. The highest BCUT2D eigenvalue weighted by Crippen LogP contribution is 2.32. The third kappa shape index (κ3) is 3.47. The SMILES string of the molecule is COc1ccc2c(c1)CC(C(=O)NC(C(=O)O)c1ccc3c(c1)CCO3)CO2. The lowest BCUT2D eigenvalue weighted by Crippen LogP contribution is -2.41. The van der Waals surface area contributed by atoms with Gasteiger partial charge in [-0.15, -0.1) is 0 Å². The molecule has 4 rings (SSSR count). The van der Waals surface area contributed by atoms with Crippen LogP contribution in [0.5, 0.6) is 17.2 Å². The quantitative estimate of drug-likeness (QED) is 0.822. The van der Waals surface area contributed by atoms with Crippen LogP contribution in [0, 0.1) is 5.92 Å². The maximum Gasteiger partial charge on any atom is 0.330 e. The van der Waals surface area contributed by atoms with Gasteiger partial charge in [-0.3, -0.25) is 4.79 Å². The molecule has 146 valence electrons. The Bertz CT molecular complexity index is 925. The normalized spacial score (nSPS) is 18.1. The summed E-state index contributed by atoms with van der Waals surface area (Å²) in [4.78, 5) is 24.6. The number of methoxy groups -OCH3 is 1. The number of amides is 1. The first kappa shape index (κ1) is 18.2. The molecule has 28 heavy (non-hydrogen) atoms. The predicted octanol–water partition coefficient (Wildman–Crippen LogP) is 2.12. The minimum Gasteiger partial charge on any atom is -0.497 e. The third-order valence-electron chi connectivity index (χ3n) is 5.13. The summed E-state index contributed by atoms with van der Waals surface area (Å²) in [5, 5.41) is 12.3. The van der Waals surface area contributed by atoms with E-state index in [4.69, 9.17) is 14.2 Å². The molecule has 2 heterocycles. The van der Waals surface area contributed by atoms with Crippen molar-refractivity contribution in [1.82, 2.24) is 5.32 Å². The van der Waals surface area contributed by atoms with Crippen LogP contribution in [0.15, 0.2) is 36.4 Å². The smallest absolute Gasteiger partial charge is 0.330 e. The number of rotatable bonds is 5. The van der Waals surface area contributed by atoms with Crippen molar-refractivity contribution in [3.8, 4) is 17.2 Å². The van der Waals surface area contributed by atoms with Crippen LogP contribution in [-0.2, 0) is 22.4 Å². The van der Waals surface area contributed by atoms with Gasteiger partial charge < -0.3 is 24.6 Å². The first-order valence-corrected chi connectivity index (χ1v) is 9.13. The Balaban J connectivity index is 1.50. The molecule has 0 radical (unpaired) electrons. The zero-order chi connectivity index (χ0) is 19.7. The van der Waals surface area contributed by atoms with E-state index in [2.05, 4.69) is 5.32 Å². The zero-order valence-electron chi connectivity index (χ0n) is 15.4. The molecule has 0 saturated carbocycles. The molecule has 2 aliphatic heterocycles. The molecule has 0 fully saturated rings. The Labute approximate surface area is 162 Å². The minimum absolute atomic E-state index is 0.204. The topological polar surface area (TPSA) is 94.1 Å². The summed E-state index contributed by atoms with van der Waals surface area (Å²) in [5.41, 5.74) is 2.36. The number of ether oxygens (including phenoxy) is 3. The minimum atomic E-state index is -1.12. The highest BCUT2D eigenvalue weighted by atomic mass is 16.5. The summed E-state index contributed by atoms with van der Waals surface area (Å²) < 4.78 is 16.4. The second kappa shape index (κ2) is 7.42. The van der Waals surface area contributed by atoms with Crippen LogP contribution in [0.25, 0.3) is 0 Å². The van der Waals surface area contributed by atoms with Gasteiger partial charge >= 0.3 is 5.97 Å². The molecule has 7 nitrogen and oxygen atoms in total. The van der Waals surface area contributed by atoms with Crippen LogP contribution in [0.4, 0.5) is 0 Å². The molecule has 2 aromatic rings. The van der Waals surface area contributed by atoms with Crippen molar-refractivity contribution >= 4 is 11.9 Å². The number of carbonyl (C=O) groups excluding carboxylic acids is 1. The molecule has 0 aliphatic carbocycles. The van der Waals surface area contributed by atoms with Crippen molar-refractivity contribution in [2.75, 3.05) is 20.3 Å². The van der Waals surface area contributed by atoms with E-state index in [9.17, 15) is 14.7 Å². The lowest BCUT2D eigenvalue weighted by Gasteiger charge is -2.26. The number of fused-ring (bicyclic) bond motifs is 2. The second-order valence-electron chi connectivity index (χ2n) is 6.93. The van der Waals surface area contributed by atoms with E-state index >= 15 is 0 Å². The van der Waals surface area contributed by atoms with Gasteiger partial charge in [-0.1, -0.05) is 6.07 Å². The van der Waals surface area contributed by atoms with Gasteiger partial charge in [0.2, 0.25) is 5.91 Å². The first-order chi connectivity index (χ1) is 13.5. The lowest BCUT2D eigenvalue weighted by molar-refractivity contribution is -0.143. The van der Waals surface area contributed by atoms with Crippen LogP contribution in [0.1, 0.15) is 22.7 Å². The van der Waals surface area contributed by atoms with Gasteiger partial charge in [0.15, 0.2) is 6.04 Å². The summed E-state index contributed by atoms with van der Waals surface area (Å²) in [6.45, 7) is 0.792. The number of aliphatic carboxylic acids is 1.